The molecular formula is C22H26N8O2. The van der Waals surface area contributed by atoms with Gasteiger partial charge in [-0.2, -0.15) is 0 Å². The van der Waals surface area contributed by atoms with E-state index in [0.717, 1.165) is 6.34 Å². The molecule has 0 aliphatic rings. The van der Waals surface area contributed by atoms with E-state index in [1.807, 2.05) is 13.8 Å². The van der Waals surface area contributed by atoms with Crippen LogP contribution in [0.15, 0.2) is 41.5 Å². The van der Waals surface area contributed by atoms with E-state index in [0.29, 0.717) is 46.8 Å². The van der Waals surface area contributed by atoms with Gasteiger partial charge in [0.05, 0.1) is 23.8 Å². The molecule has 32 heavy (non-hydrogen) atoms. The lowest BCUT2D eigenvalue weighted by atomic mass is 10.1. The van der Waals surface area contributed by atoms with Crippen molar-refractivity contribution in [3.05, 3.63) is 58.3 Å². The Morgan fingerprint density at radius 1 is 1.31 bits per heavy atom. The average molecular weight is 435 g/mol. The summed E-state index contributed by atoms with van der Waals surface area (Å²) < 4.78 is 6.38. The Morgan fingerprint density at radius 3 is 2.75 bits per heavy atom. The van der Waals surface area contributed by atoms with Gasteiger partial charge >= 0.3 is 0 Å². The number of nitrogens with zero attached hydrogens (tertiary/aromatic N) is 4. The van der Waals surface area contributed by atoms with Gasteiger partial charge in [-0.25, -0.2) is 9.97 Å². The van der Waals surface area contributed by atoms with Crippen molar-refractivity contribution in [2.45, 2.75) is 19.9 Å². The summed E-state index contributed by atoms with van der Waals surface area (Å²) in [6, 6.07) is 8.33. The van der Waals surface area contributed by atoms with Gasteiger partial charge in [0.25, 0.3) is 5.56 Å². The third-order valence-electron chi connectivity index (χ3n) is 4.88. The molecule has 10 nitrogen and oxygen atoms in total. The maximum Gasteiger partial charge on any atom is 0.267 e. The molecular weight excluding hydrogens is 408 g/mol. The molecule has 0 unspecified atom stereocenters. The molecule has 3 rings (SSSR count). The topological polar surface area (TPSA) is 144 Å². The van der Waals surface area contributed by atoms with Gasteiger partial charge in [-0.15, -0.1) is 0 Å². The molecule has 0 fully saturated rings. The van der Waals surface area contributed by atoms with Gasteiger partial charge in [0, 0.05) is 37.2 Å². The third kappa shape index (κ3) is 4.54. The van der Waals surface area contributed by atoms with Crippen LogP contribution in [0.2, 0.25) is 0 Å². The molecule has 0 saturated carbocycles. The minimum absolute atomic E-state index is 0.0684. The van der Waals surface area contributed by atoms with Gasteiger partial charge in [-0.05, 0) is 38.1 Å². The molecule has 4 N–H and O–H groups in total. The number of benzene rings is 1. The summed E-state index contributed by atoms with van der Waals surface area (Å²) in [6.07, 6.45) is 3.69. The number of rotatable bonds is 9. The van der Waals surface area contributed by atoms with Crippen LogP contribution in [0.4, 0.5) is 5.69 Å². The van der Waals surface area contributed by atoms with Crippen LogP contribution in [0, 0.1) is 16.2 Å². The van der Waals surface area contributed by atoms with Gasteiger partial charge in [-0.3, -0.25) is 20.2 Å². The van der Waals surface area contributed by atoms with Crippen LogP contribution in [0.25, 0.3) is 16.7 Å². The normalized spacial score (nSPS) is 10.9. The molecule has 2 heterocycles. The van der Waals surface area contributed by atoms with Crippen LogP contribution in [0.1, 0.15) is 25.1 Å². The van der Waals surface area contributed by atoms with Crippen molar-refractivity contribution in [3.63, 3.8) is 0 Å². The van der Waals surface area contributed by atoms with Crippen molar-refractivity contribution in [2.75, 3.05) is 25.6 Å². The minimum Gasteiger partial charge on any atom is -0.383 e. The fourth-order valence-corrected chi connectivity index (χ4v) is 3.20. The molecule has 0 bridgehead atoms. The Hall–Kier alpha value is -3.92. The number of hydrogen-bond acceptors (Lipinski definition) is 8. The van der Waals surface area contributed by atoms with E-state index in [4.69, 9.17) is 21.0 Å². The van der Waals surface area contributed by atoms with Crippen molar-refractivity contribution in [3.8, 4) is 5.82 Å². The van der Waals surface area contributed by atoms with E-state index >= 15 is 0 Å². The average Bonchev–Trinajstić information content (AvgIpc) is 2.79. The fraction of sp³-hybridized carbons (Fsp3) is 0.273. The largest absolute Gasteiger partial charge is 0.383 e. The maximum absolute atomic E-state index is 13.3. The molecule has 1 aromatic carbocycles. The molecule has 0 amide bonds. The first-order valence-electron chi connectivity index (χ1n) is 10.0. The van der Waals surface area contributed by atoms with Crippen LogP contribution in [-0.4, -0.2) is 64.1 Å². The Kier molecular flexibility index (Phi) is 7.06. The summed E-state index contributed by atoms with van der Waals surface area (Å²) in [7, 11) is 1.60. The Morgan fingerprint density at radius 2 is 2.09 bits per heavy atom. The molecule has 3 aromatic rings. The minimum atomic E-state index is -0.315. The SMILES string of the molecule is COCCNc1cc2c(=O)n(-c3cccc(C(=N)N(C=N)C(C)C)n3)cnc2cc1C=N. The molecule has 0 aliphatic carbocycles. The highest BCUT2D eigenvalue weighted by atomic mass is 16.5. The van der Waals surface area contributed by atoms with Gasteiger partial charge < -0.3 is 20.4 Å². The molecule has 0 spiro atoms. The van der Waals surface area contributed by atoms with Crippen LogP contribution in [-0.2, 0) is 4.74 Å². The van der Waals surface area contributed by atoms with E-state index in [2.05, 4.69) is 15.3 Å². The number of fused-ring (bicyclic) bond motifs is 1. The predicted molar refractivity (Wildman–Crippen MR) is 126 cm³/mol. The number of pyridine rings is 1. The Labute approximate surface area is 185 Å². The van der Waals surface area contributed by atoms with Crippen LogP contribution >= 0.6 is 0 Å². The number of nitrogens with one attached hydrogen (secondary N) is 4. The standard InChI is InChI=1S/C22H26N8O2/c1-14(2)29(12-24)21(25)17-5-4-6-20(28-17)30-13-27-19-9-15(11-23)18(26-7-8-32-3)10-16(19)22(30)31/h4-6,9-14,23-26H,7-8H2,1-3H3. The van der Waals surface area contributed by atoms with E-state index in [9.17, 15) is 4.79 Å². The Balaban J connectivity index is 2.07. The van der Waals surface area contributed by atoms with Crippen molar-refractivity contribution in [1.82, 2.24) is 19.4 Å². The van der Waals surface area contributed by atoms with Gasteiger partial charge in [0.1, 0.15) is 17.8 Å². The van der Waals surface area contributed by atoms with E-state index < -0.39 is 0 Å². The lowest BCUT2D eigenvalue weighted by Crippen LogP contribution is -2.36. The smallest absolute Gasteiger partial charge is 0.267 e. The highest BCUT2D eigenvalue weighted by Crippen LogP contribution is 2.20. The highest BCUT2D eigenvalue weighted by Gasteiger charge is 2.16. The van der Waals surface area contributed by atoms with Crippen LogP contribution in [0.3, 0.4) is 0 Å². The number of anilines is 1. The number of methoxy groups -OCH3 is 1. The second-order valence-electron chi connectivity index (χ2n) is 7.30. The molecule has 0 atom stereocenters. The number of amidine groups is 1. The quantitative estimate of drug-likeness (QED) is 0.231. The number of ether oxygens (including phenoxy) is 1. The summed E-state index contributed by atoms with van der Waals surface area (Å²) in [5, 5.41) is 27.2. The van der Waals surface area contributed by atoms with Gasteiger partial charge in [0.15, 0.2) is 5.84 Å². The zero-order valence-corrected chi connectivity index (χ0v) is 18.2. The van der Waals surface area contributed by atoms with Gasteiger partial charge in [-0.1, -0.05) is 6.07 Å². The summed E-state index contributed by atoms with van der Waals surface area (Å²) in [4.78, 5) is 23.6. The number of hydrogen-bond donors (Lipinski definition) is 4. The lowest BCUT2D eigenvalue weighted by Gasteiger charge is -2.23. The summed E-state index contributed by atoms with van der Waals surface area (Å²) >= 11 is 0. The van der Waals surface area contributed by atoms with Crippen molar-refractivity contribution >= 4 is 35.0 Å². The molecule has 0 saturated heterocycles. The number of aromatic nitrogens is 3. The van der Waals surface area contributed by atoms with E-state index in [-0.39, 0.29) is 17.4 Å². The van der Waals surface area contributed by atoms with Crippen LogP contribution in [0.5, 0.6) is 0 Å². The Bertz CT molecular complexity index is 1220. The highest BCUT2D eigenvalue weighted by molar-refractivity contribution is 6.01. The monoisotopic (exact) mass is 434 g/mol. The van der Waals surface area contributed by atoms with E-state index in [1.54, 1.807) is 37.4 Å². The summed E-state index contributed by atoms with van der Waals surface area (Å²) in [6.45, 7) is 4.77. The molecule has 10 heteroatoms. The molecule has 0 radical (unpaired) electrons. The summed E-state index contributed by atoms with van der Waals surface area (Å²) in [5.41, 5.74) is 1.76. The summed E-state index contributed by atoms with van der Waals surface area (Å²) in [5.74, 6) is 0.393. The van der Waals surface area contributed by atoms with Crippen molar-refractivity contribution in [2.24, 2.45) is 0 Å². The first kappa shape index (κ1) is 22.8. The van der Waals surface area contributed by atoms with Crippen molar-refractivity contribution in [1.29, 1.82) is 16.2 Å². The fourth-order valence-electron chi connectivity index (χ4n) is 3.20. The third-order valence-corrected chi connectivity index (χ3v) is 4.88. The predicted octanol–water partition coefficient (Wildman–Crippen LogP) is 2.48. The molecule has 166 valence electrons. The van der Waals surface area contributed by atoms with Crippen molar-refractivity contribution < 1.29 is 4.74 Å². The lowest BCUT2D eigenvalue weighted by molar-refractivity contribution is 0.211. The van der Waals surface area contributed by atoms with Gasteiger partial charge in [0.2, 0.25) is 0 Å². The first-order chi connectivity index (χ1) is 15.4. The first-order valence-corrected chi connectivity index (χ1v) is 10.0. The maximum atomic E-state index is 13.3. The zero-order chi connectivity index (χ0) is 23.3. The van der Waals surface area contributed by atoms with E-state index in [1.165, 1.54) is 22.0 Å². The van der Waals surface area contributed by atoms with Crippen LogP contribution < -0.4 is 10.9 Å². The second-order valence-corrected chi connectivity index (χ2v) is 7.30. The zero-order valence-electron chi connectivity index (χ0n) is 18.2. The molecule has 2 aromatic heterocycles. The second kappa shape index (κ2) is 9.92. The molecule has 0 aliphatic heterocycles.